The van der Waals surface area contributed by atoms with Crippen molar-refractivity contribution in [3.8, 4) is 5.75 Å². The molecule has 0 radical (unpaired) electrons. The zero-order valence-electron chi connectivity index (χ0n) is 14.4. The molecule has 1 aromatic heterocycles. The fourth-order valence-corrected chi connectivity index (χ4v) is 3.85. The Morgan fingerprint density at radius 1 is 1.26 bits per heavy atom. The van der Waals surface area contributed by atoms with Crippen LogP contribution in [0.4, 0.5) is 5.69 Å². The number of rotatable bonds is 3. The van der Waals surface area contributed by atoms with Crippen LogP contribution < -0.4 is 9.64 Å². The number of carbonyl (C=O) groups is 3. The van der Waals surface area contributed by atoms with Gasteiger partial charge in [0.2, 0.25) is 17.6 Å². The Balaban J connectivity index is 1.71. The highest BCUT2D eigenvalue weighted by molar-refractivity contribution is 6.31. The van der Waals surface area contributed by atoms with Crippen LogP contribution in [0.15, 0.2) is 53.2 Å². The molecule has 3 atom stereocenters. The number of anilines is 1. The van der Waals surface area contributed by atoms with Gasteiger partial charge >= 0.3 is 5.97 Å². The molecule has 1 aliphatic heterocycles. The first-order valence-electron chi connectivity index (χ1n) is 8.57. The zero-order valence-corrected chi connectivity index (χ0v) is 15.2. The lowest BCUT2D eigenvalue weighted by Crippen LogP contribution is -2.32. The molecule has 138 valence electrons. The van der Waals surface area contributed by atoms with E-state index in [0.717, 1.165) is 4.90 Å². The lowest BCUT2D eigenvalue weighted by molar-refractivity contribution is -0.122. The largest absolute Gasteiger partial charge is 0.457 e. The molecule has 2 heterocycles. The number of furan rings is 1. The van der Waals surface area contributed by atoms with Crippen LogP contribution in [-0.4, -0.2) is 17.8 Å². The Morgan fingerprint density at radius 3 is 2.78 bits per heavy atom. The third-order valence-corrected chi connectivity index (χ3v) is 5.19. The molecule has 27 heavy (non-hydrogen) atoms. The van der Waals surface area contributed by atoms with Crippen molar-refractivity contribution >= 4 is 35.1 Å². The Kier molecular flexibility index (Phi) is 4.36. The summed E-state index contributed by atoms with van der Waals surface area (Å²) in [6, 6.07) is 7.47. The first-order chi connectivity index (χ1) is 13.0. The number of halogens is 1. The predicted octanol–water partition coefficient (Wildman–Crippen LogP) is 3.85. The summed E-state index contributed by atoms with van der Waals surface area (Å²) in [5, 5.41) is 0.324. The topological polar surface area (TPSA) is 76.8 Å². The van der Waals surface area contributed by atoms with Gasteiger partial charge in [-0.2, -0.15) is 0 Å². The summed E-state index contributed by atoms with van der Waals surface area (Å²) in [6.07, 6.45) is 5.74. The molecule has 0 unspecified atom stereocenters. The normalized spacial score (nSPS) is 24.2. The third kappa shape index (κ3) is 2.96. The second kappa shape index (κ2) is 6.70. The maximum atomic E-state index is 13.0. The molecule has 2 aromatic rings. The second-order valence-electron chi connectivity index (χ2n) is 6.65. The lowest BCUT2D eigenvalue weighted by Gasteiger charge is -2.22. The molecule has 0 bridgehead atoms. The highest BCUT2D eigenvalue weighted by Gasteiger charge is 2.51. The number of allylic oxidation sites excluding steroid dienone is 2. The molecular formula is C20H16ClNO5. The number of carbonyl (C=O) groups excluding carboxylic acids is 3. The standard InChI is InChI=1S/C20H16ClNO5/c1-11-4-2-5-13-17(11)19(24)22(18(13)23)14-10-12(21)7-8-15(14)27-20(25)16-6-3-9-26-16/h2-4,6-11,13,17H,5H2,1H3/t11-,13+,17-/m1/s1. The van der Waals surface area contributed by atoms with Crippen LogP contribution in [0.3, 0.4) is 0 Å². The summed E-state index contributed by atoms with van der Waals surface area (Å²) in [4.78, 5) is 39.3. The van der Waals surface area contributed by atoms with Crippen molar-refractivity contribution in [2.75, 3.05) is 4.90 Å². The average molecular weight is 386 g/mol. The first-order valence-corrected chi connectivity index (χ1v) is 8.95. The molecule has 0 saturated carbocycles. The number of hydrogen-bond donors (Lipinski definition) is 0. The molecule has 1 saturated heterocycles. The summed E-state index contributed by atoms with van der Waals surface area (Å²) in [5.41, 5.74) is 0.166. The Morgan fingerprint density at radius 2 is 2.07 bits per heavy atom. The molecule has 1 aromatic carbocycles. The van der Waals surface area contributed by atoms with Crippen LogP contribution >= 0.6 is 11.6 Å². The van der Waals surface area contributed by atoms with Crippen LogP contribution in [0.1, 0.15) is 23.9 Å². The highest BCUT2D eigenvalue weighted by atomic mass is 35.5. The van der Waals surface area contributed by atoms with Crippen LogP contribution in [0.5, 0.6) is 5.75 Å². The molecule has 4 rings (SSSR count). The van der Waals surface area contributed by atoms with E-state index in [1.165, 1.54) is 30.5 Å². The third-order valence-electron chi connectivity index (χ3n) is 4.96. The zero-order chi connectivity index (χ0) is 19.1. The van der Waals surface area contributed by atoms with Crippen LogP contribution in [0, 0.1) is 17.8 Å². The minimum atomic E-state index is -0.727. The first kappa shape index (κ1) is 17.5. The second-order valence-corrected chi connectivity index (χ2v) is 7.08. The van der Waals surface area contributed by atoms with Gasteiger partial charge in [-0.05, 0) is 42.7 Å². The highest BCUT2D eigenvalue weighted by Crippen LogP contribution is 2.43. The molecular weight excluding hydrogens is 370 g/mol. The van der Waals surface area contributed by atoms with Crippen molar-refractivity contribution in [3.63, 3.8) is 0 Å². The van der Waals surface area contributed by atoms with E-state index >= 15 is 0 Å². The number of amides is 2. The number of imide groups is 1. The molecule has 2 aliphatic rings. The van der Waals surface area contributed by atoms with Gasteiger partial charge in [0.15, 0.2) is 5.75 Å². The van der Waals surface area contributed by atoms with Gasteiger partial charge < -0.3 is 9.15 Å². The fourth-order valence-electron chi connectivity index (χ4n) is 3.68. The molecule has 2 amide bonds. The van der Waals surface area contributed by atoms with Crippen LogP contribution in [0.2, 0.25) is 5.02 Å². The van der Waals surface area contributed by atoms with Gasteiger partial charge in [-0.3, -0.25) is 9.59 Å². The van der Waals surface area contributed by atoms with Crippen molar-refractivity contribution in [2.24, 2.45) is 17.8 Å². The van der Waals surface area contributed by atoms with E-state index in [0.29, 0.717) is 11.4 Å². The van der Waals surface area contributed by atoms with E-state index in [4.69, 9.17) is 20.8 Å². The molecule has 0 spiro atoms. The number of benzene rings is 1. The van der Waals surface area contributed by atoms with Gasteiger partial charge in [0.25, 0.3) is 0 Å². The van der Waals surface area contributed by atoms with Gasteiger partial charge in [-0.15, -0.1) is 0 Å². The summed E-state index contributed by atoms with van der Waals surface area (Å²) >= 11 is 6.09. The van der Waals surface area contributed by atoms with Gasteiger partial charge in [-0.1, -0.05) is 30.7 Å². The van der Waals surface area contributed by atoms with E-state index in [-0.39, 0.29) is 34.9 Å². The summed E-state index contributed by atoms with van der Waals surface area (Å²) in [6.45, 7) is 1.91. The Bertz CT molecular complexity index is 949. The van der Waals surface area contributed by atoms with E-state index in [9.17, 15) is 14.4 Å². The van der Waals surface area contributed by atoms with Crippen molar-refractivity contribution in [3.05, 3.63) is 59.5 Å². The lowest BCUT2D eigenvalue weighted by atomic mass is 9.78. The number of esters is 1. The SMILES string of the molecule is C[C@@H]1C=CC[C@@H]2C(=O)N(c3cc(Cl)ccc3OC(=O)c3ccco3)C(=O)[C@H]12. The van der Waals surface area contributed by atoms with Crippen molar-refractivity contribution < 1.29 is 23.5 Å². The maximum Gasteiger partial charge on any atom is 0.379 e. The van der Waals surface area contributed by atoms with Crippen molar-refractivity contribution in [1.82, 2.24) is 0 Å². The summed E-state index contributed by atoms with van der Waals surface area (Å²) in [5.74, 6) is -2.13. The monoisotopic (exact) mass is 385 g/mol. The fraction of sp³-hybridized carbons (Fsp3) is 0.250. The van der Waals surface area contributed by atoms with Crippen molar-refractivity contribution in [2.45, 2.75) is 13.3 Å². The molecule has 7 heteroatoms. The van der Waals surface area contributed by atoms with E-state index < -0.39 is 17.8 Å². The van der Waals surface area contributed by atoms with E-state index in [2.05, 4.69) is 0 Å². The Labute approximate surface area is 160 Å². The smallest absolute Gasteiger partial charge is 0.379 e. The summed E-state index contributed by atoms with van der Waals surface area (Å²) < 4.78 is 10.4. The minimum absolute atomic E-state index is 0.0152. The number of fused-ring (bicyclic) bond motifs is 1. The van der Waals surface area contributed by atoms with Gasteiger partial charge in [0.05, 0.1) is 23.8 Å². The van der Waals surface area contributed by atoms with E-state index in [1.807, 2.05) is 19.1 Å². The minimum Gasteiger partial charge on any atom is -0.457 e. The average Bonchev–Trinajstić information content (AvgIpc) is 3.25. The predicted molar refractivity (Wildman–Crippen MR) is 97.5 cm³/mol. The van der Waals surface area contributed by atoms with Crippen molar-refractivity contribution in [1.29, 1.82) is 0 Å². The molecule has 1 fully saturated rings. The van der Waals surface area contributed by atoms with Gasteiger partial charge in [0, 0.05) is 5.02 Å². The number of hydrogen-bond acceptors (Lipinski definition) is 5. The summed E-state index contributed by atoms with van der Waals surface area (Å²) in [7, 11) is 0. The van der Waals surface area contributed by atoms with Crippen LogP contribution in [-0.2, 0) is 9.59 Å². The molecule has 0 N–H and O–H groups in total. The quantitative estimate of drug-likeness (QED) is 0.347. The Hall–Kier alpha value is -2.86. The number of ether oxygens (including phenoxy) is 1. The van der Waals surface area contributed by atoms with Gasteiger partial charge in [0.1, 0.15) is 0 Å². The van der Waals surface area contributed by atoms with Gasteiger partial charge in [-0.25, -0.2) is 9.69 Å². The molecule has 6 nitrogen and oxygen atoms in total. The van der Waals surface area contributed by atoms with Crippen LogP contribution in [0.25, 0.3) is 0 Å². The van der Waals surface area contributed by atoms with E-state index in [1.54, 1.807) is 6.07 Å². The number of nitrogens with zero attached hydrogens (tertiary/aromatic N) is 1. The maximum absolute atomic E-state index is 13.0. The molecule has 1 aliphatic carbocycles.